The molecule has 0 saturated carbocycles. The Bertz CT molecular complexity index is 127. The quantitative estimate of drug-likeness (QED) is 0.560. The topological polar surface area (TPSA) is 50.4 Å². The Morgan fingerprint density at radius 1 is 1.70 bits per heavy atom. The van der Waals surface area contributed by atoms with Crippen LogP contribution >= 0.6 is 0 Å². The van der Waals surface area contributed by atoms with Gasteiger partial charge in [0.15, 0.2) is 0 Å². The lowest BCUT2D eigenvalue weighted by molar-refractivity contribution is 0.931. The number of rotatable bonds is 4. The van der Waals surface area contributed by atoms with Crippen molar-refractivity contribution in [1.82, 2.24) is 5.32 Å². The standard InChI is InChI=1S/C7H15N3/c1-3-4-10-6-7(5-8)9-2/h5-6,9H,3-4,8H2,1-2H3. The van der Waals surface area contributed by atoms with Crippen molar-refractivity contribution in [2.24, 2.45) is 10.7 Å². The molecule has 0 fully saturated rings. The first-order valence-electron chi connectivity index (χ1n) is 3.44. The van der Waals surface area contributed by atoms with Crippen LogP contribution in [0.2, 0.25) is 0 Å². The van der Waals surface area contributed by atoms with Gasteiger partial charge in [0.1, 0.15) is 0 Å². The Hall–Kier alpha value is -0.990. The van der Waals surface area contributed by atoms with E-state index in [1.165, 1.54) is 6.20 Å². The highest BCUT2D eigenvalue weighted by Gasteiger charge is 1.82. The van der Waals surface area contributed by atoms with Crippen LogP contribution in [-0.2, 0) is 0 Å². The molecule has 0 amide bonds. The van der Waals surface area contributed by atoms with E-state index in [9.17, 15) is 0 Å². The molecule has 0 saturated heterocycles. The second-order valence-corrected chi connectivity index (χ2v) is 1.91. The fourth-order valence-electron chi connectivity index (χ4n) is 0.483. The average Bonchev–Trinajstić information content (AvgIpc) is 1.99. The van der Waals surface area contributed by atoms with Gasteiger partial charge in [0, 0.05) is 26.0 Å². The maximum Gasteiger partial charge on any atom is 0.0676 e. The smallest absolute Gasteiger partial charge is 0.0676 e. The number of nitrogens with two attached hydrogens (primary N) is 1. The third-order valence-corrected chi connectivity index (χ3v) is 1.05. The largest absolute Gasteiger partial charge is 0.403 e. The summed E-state index contributed by atoms with van der Waals surface area (Å²) in [6.45, 7) is 2.95. The lowest BCUT2D eigenvalue weighted by atomic mass is 10.5. The van der Waals surface area contributed by atoms with Gasteiger partial charge in [0.25, 0.3) is 0 Å². The summed E-state index contributed by atoms with van der Waals surface area (Å²) in [5, 5.41) is 2.90. The number of nitrogens with one attached hydrogen (secondary N) is 1. The molecule has 0 atom stereocenters. The van der Waals surface area contributed by atoms with Crippen molar-refractivity contribution in [1.29, 1.82) is 0 Å². The highest BCUT2D eigenvalue weighted by Crippen LogP contribution is 1.80. The molecule has 0 radical (unpaired) electrons. The Morgan fingerprint density at radius 2 is 2.40 bits per heavy atom. The van der Waals surface area contributed by atoms with Gasteiger partial charge in [-0.2, -0.15) is 0 Å². The number of aliphatic imine (C=N–C) groups is 1. The molecule has 3 N–H and O–H groups in total. The lowest BCUT2D eigenvalue weighted by Crippen LogP contribution is -2.09. The van der Waals surface area contributed by atoms with Crippen LogP contribution in [0.4, 0.5) is 0 Å². The molecular weight excluding hydrogens is 126 g/mol. The number of nitrogens with zero attached hydrogens (tertiary/aromatic N) is 1. The molecule has 0 bridgehead atoms. The average molecular weight is 141 g/mol. The summed E-state index contributed by atoms with van der Waals surface area (Å²) in [6, 6.07) is 0. The van der Waals surface area contributed by atoms with E-state index in [1.807, 2.05) is 7.05 Å². The Labute approximate surface area is 62.0 Å². The monoisotopic (exact) mass is 141 g/mol. The minimum atomic E-state index is 0.855. The van der Waals surface area contributed by atoms with E-state index >= 15 is 0 Å². The zero-order chi connectivity index (χ0) is 7.82. The van der Waals surface area contributed by atoms with E-state index in [2.05, 4.69) is 17.2 Å². The van der Waals surface area contributed by atoms with Crippen LogP contribution in [0, 0.1) is 0 Å². The van der Waals surface area contributed by atoms with Crippen LogP contribution in [0.3, 0.4) is 0 Å². The highest BCUT2D eigenvalue weighted by molar-refractivity contribution is 5.77. The Morgan fingerprint density at radius 3 is 2.80 bits per heavy atom. The second-order valence-electron chi connectivity index (χ2n) is 1.91. The van der Waals surface area contributed by atoms with Crippen LogP contribution in [0.25, 0.3) is 0 Å². The van der Waals surface area contributed by atoms with Crippen molar-refractivity contribution in [3.8, 4) is 0 Å². The molecule has 0 unspecified atom stereocenters. The number of hydrogen-bond acceptors (Lipinski definition) is 3. The summed E-state index contributed by atoms with van der Waals surface area (Å²) >= 11 is 0. The number of allylic oxidation sites excluding steroid dienone is 1. The van der Waals surface area contributed by atoms with Crippen LogP contribution in [0.1, 0.15) is 13.3 Å². The first-order chi connectivity index (χ1) is 4.85. The van der Waals surface area contributed by atoms with Gasteiger partial charge >= 0.3 is 0 Å². The van der Waals surface area contributed by atoms with Crippen LogP contribution < -0.4 is 11.1 Å². The van der Waals surface area contributed by atoms with Crippen LogP contribution in [0.5, 0.6) is 0 Å². The lowest BCUT2D eigenvalue weighted by Gasteiger charge is -1.95. The molecule has 0 heterocycles. The van der Waals surface area contributed by atoms with Gasteiger partial charge in [-0.3, -0.25) is 4.99 Å². The van der Waals surface area contributed by atoms with Gasteiger partial charge in [-0.15, -0.1) is 0 Å². The minimum absolute atomic E-state index is 0.855. The van der Waals surface area contributed by atoms with Crippen molar-refractivity contribution < 1.29 is 0 Å². The van der Waals surface area contributed by atoms with E-state index in [4.69, 9.17) is 5.73 Å². The van der Waals surface area contributed by atoms with Gasteiger partial charge in [0.05, 0.1) is 5.70 Å². The zero-order valence-electron chi connectivity index (χ0n) is 6.59. The van der Waals surface area contributed by atoms with E-state index in [0.717, 1.165) is 18.7 Å². The Balaban J connectivity index is 3.63. The summed E-state index contributed by atoms with van der Waals surface area (Å²) in [4.78, 5) is 4.10. The molecule has 0 aliphatic carbocycles. The molecule has 0 rings (SSSR count). The summed E-state index contributed by atoms with van der Waals surface area (Å²) < 4.78 is 0. The maximum absolute atomic E-state index is 5.25. The molecule has 0 aromatic carbocycles. The Kier molecular flexibility index (Phi) is 5.53. The van der Waals surface area contributed by atoms with Crippen molar-refractivity contribution in [3.05, 3.63) is 11.9 Å². The van der Waals surface area contributed by atoms with Gasteiger partial charge in [-0.1, -0.05) is 6.92 Å². The minimum Gasteiger partial charge on any atom is -0.403 e. The van der Waals surface area contributed by atoms with Crippen molar-refractivity contribution in [2.45, 2.75) is 13.3 Å². The highest BCUT2D eigenvalue weighted by atomic mass is 14.9. The SMILES string of the molecule is CCCN=CC(=CN)NC. The van der Waals surface area contributed by atoms with Gasteiger partial charge in [0.2, 0.25) is 0 Å². The molecule has 0 aliphatic rings. The van der Waals surface area contributed by atoms with Crippen molar-refractivity contribution in [3.63, 3.8) is 0 Å². The van der Waals surface area contributed by atoms with E-state index in [1.54, 1.807) is 6.21 Å². The van der Waals surface area contributed by atoms with Gasteiger partial charge in [-0.05, 0) is 6.42 Å². The first-order valence-corrected chi connectivity index (χ1v) is 3.44. The maximum atomic E-state index is 5.25. The van der Waals surface area contributed by atoms with E-state index < -0.39 is 0 Å². The van der Waals surface area contributed by atoms with Gasteiger partial charge < -0.3 is 11.1 Å². The normalized spacial score (nSPS) is 12.4. The molecule has 0 aromatic rings. The summed E-state index contributed by atoms with van der Waals surface area (Å²) in [7, 11) is 1.82. The molecule has 0 aliphatic heterocycles. The molecule has 58 valence electrons. The zero-order valence-corrected chi connectivity index (χ0v) is 6.59. The van der Waals surface area contributed by atoms with E-state index in [-0.39, 0.29) is 0 Å². The third-order valence-electron chi connectivity index (χ3n) is 1.05. The number of hydrogen-bond donors (Lipinski definition) is 2. The molecule has 3 heteroatoms. The van der Waals surface area contributed by atoms with Crippen molar-refractivity contribution >= 4 is 6.21 Å². The molecule has 10 heavy (non-hydrogen) atoms. The van der Waals surface area contributed by atoms with Gasteiger partial charge in [-0.25, -0.2) is 0 Å². The fourth-order valence-corrected chi connectivity index (χ4v) is 0.483. The van der Waals surface area contributed by atoms with Crippen molar-refractivity contribution in [2.75, 3.05) is 13.6 Å². The van der Waals surface area contributed by atoms with Crippen LogP contribution in [-0.4, -0.2) is 19.8 Å². The molecule has 3 nitrogen and oxygen atoms in total. The molecular formula is C7H15N3. The summed E-state index contributed by atoms with van der Waals surface area (Å²) in [5.41, 5.74) is 6.10. The summed E-state index contributed by atoms with van der Waals surface area (Å²) in [5.74, 6) is 0. The molecule has 0 spiro atoms. The molecule has 0 aromatic heterocycles. The van der Waals surface area contributed by atoms with E-state index in [0.29, 0.717) is 0 Å². The van der Waals surface area contributed by atoms with Crippen LogP contribution in [0.15, 0.2) is 16.9 Å². The third kappa shape index (κ3) is 3.95. The predicted octanol–water partition coefficient (Wildman–Crippen LogP) is 0.487. The predicted molar refractivity (Wildman–Crippen MR) is 45.0 cm³/mol. The fraction of sp³-hybridized carbons (Fsp3) is 0.571. The summed E-state index contributed by atoms with van der Waals surface area (Å²) in [6.07, 6.45) is 4.31. The first kappa shape index (κ1) is 9.01. The second kappa shape index (κ2) is 6.13.